The van der Waals surface area contributed by atoms with E-state index in [0.717, 1.165) is 44.9 Å². The Morgan fingerprint density at radius 2 is 1.83 bits per heavy atom. The highest BCUT2D eigenvalue weighted by molar-refractivity contribution is 5.86. The summed E-state index contributed by atoms with van der Waals surface area (Å²) in [4.78, 5) is 12.2. The van der Waals surface area contributed by atoms with Gasteiger partial charge in [0.1, 0.15) is 5.60 Å². The second-order valence-corrected chi connectivity index (χ2v) is 9.57. The summed E-state index contributed by atoms with van der Waals surface area (Å²) in [6.45, 7) is 6.16. The van der Waals surface area contributed by atoms with Crippen LogP contribution < -0.4 is 0 Å². The molecule has 7 atom stereocenters. The maximum atomic E-state index is 12.2. The highest BCUT2D eigenvalue weighted by Gasteiger charge is 2.65. The van der Waals surface area contributed by atoms with Crippen molar-refractivity contribution in [1.82, 2.24) is 0 Å². The maximum absolute atomic E-state index is 12.2. The van der Waals surface area contributed by atoms with Gasteiger partial charge in [-0.05, 0) is 81.5 Å². The summed E-state index contributed by atoms with van der Waals surface area (Å²) in [6.07, 6.45) is 9.84. The van der Waals surface area contributed by atoms with E-state index in [-0.39, 0.29) is 22.7 Å². The molecule has 0 aromatic heterocycles. The van der Waals surface area contributed by atoms with E-state index in [0.29, 0.717) is 24.2 Å². The van der Waals surface area contributed by atoms with E-state index < -0.39 is 5.60 Å². The molecule has 0 aromatic rings. The molecule has 4 aliphatic carbocycles. The van der Waals surface area contributed by atoms with Crippen LogP contribution in [0.2, 0.25) is 0 Å². The molecule has 4 rings (SSSR count). The van der Waals surface area contributed by atoms with Crippen LogP contribution in [0.15, 0.2) is 11.6 Å². The molecule has 24 heavy (non-hydrogen) atoms. The third kappa shape index (κ3) is 1.94. The first-order valence-electron chi connectivity index (χ1n) is 9.83. The number of rotatable bonds is 1. The van der Waals surface area contributed by atoms with E-state index in [1.54, 1.807) is 6.92 Å². The van der Waals surface area contributed by atoms with Crippen molar-refractivity contribution in [1.29, 1.82) is 0 Å². The van der Waals surface area contributed by atoms with Crippen molar-refractivity contribution >= 4 is 5.78 Å². The van der Waals surface area contributed by atoms with Gasteiger partial charge in [-0.2, -0.15) is 0 Å². The van der Waals surface area contributed by atoms with E-state index in [2.05, 4.69) is 19.9 Å². The summed E-state index contributed by atoms with van der Waals surface area (Å²) >= 11 is 0. The Kier molecular flexibility index (Phi) is 3.61. The third-order valence-electron chi connectivity index (χ3n) is 8.81. The molecule has 134 valence electrons. The number of carbonyl (C=O) groups excluding carboxylic acids is 1. The predicted molar refractivity (Wildman–Crippen MR) is 93.3 cm³/mol. The lowest BCUT2D eigenvalue weighted by atomic mass is 9.47. The number of fused-ring (bicyclic) bond motifs is 5. The summed E-state index contributed by atoms with van der Waals surface area (Å²) in [5.74, 6) is 1.65. The normalized spacial score (nSPS) is 53.6. The zero-order valence-corrected chi connectivity index (χ0v) is 15.3. The number of allylic oxidation sites excluding steroid dienone is 1. The first-order valence-corrected chi connectivity index (χ1v) is 9.83. The molecule has 0 radical (unpaired) electrons. The maximum Gasteiger partial charge on any atom is 0.161 e. The number of hydrogen-bond donors (Lipinski definition) is 2. The molecule has 3 fully saturated rings. The first kappa shape index (κ1) is 16.8. The van der Waals surface area contributed by atoms with E-state index >= 15 is 0 Å². The van der Waals surface area contributed by atoms with Crippen molar-refractivity contribution in [3.8, 4) is 0 Å². The smallest absolute Gasteiger partial charge is 0.161 e. The summed E-state index contributed by atoms with van der Waals surface area (Å²) < 4.78 is 0. The fraction of sp³-hybridized carbons (Fsp3) is 0.857. The number of carbonyl (C=O) groups is 1. The quantitative estimate of drug-likeness (QED) is 0.721. The average Bonchev–Trinajstić information content (AvgIpc) is 2.81. The van der Waals surface area contributed by atoms with Gasteiger partial charge in [-0.25, -0.2) is 0 Å². The minimum atomic E-state index is -1.11. The molecular formula is C21H32O3. The molecule has 0 heterocycles. The summed E-state index contributed by atoms with van der Waals surface area (Å²) in [5, 5.41) is 21.2. The molecule has 2 N–H and O–H groups in total. The Balaban J connectivity index is 1.69. The topological polar surface area (TPSA) is 57.5 Å². The lowest BCUT2D eigenvalue weighted by Crippen LogP contribution is -2.56. The minimum absolute atomic E-state index is 0.0370. The van der Waals surface area contributed by atoms with Crippen LogP contribution in [0, 0.1) is 28.6 Å². The number of hydrogen-bond acceptors (Lipinski definition) is 3. The number of aliphatic hydroxyl groups excluding tert-OH is 1. The molecule has 0 saturated heterocycles. The van der Waals surface area contributed by atoms with Crippen LogP contribution in [-0.4, -0.2) is 27.7 Å². The Labute approximate surface area is 145 Å². The Bertz CT molecular complexity index is 596. The monoisotopic (exact) mass is 332 g/mol. The highest BCUT2D eigenvalue weighted by atomic mass is 16.3. The third-order valence-corrected chi connectivity index (χ3v) is 8.81. The minimum Gasteiger partial charge on any atom is -0.393 e. The predicted octanol–water partition coefficient (Wildman–Crippen LogP) is 3.63. The average molecular weight is 332 g/mol. The summed E-state index contributed by atoms with van der Waals surface area (Å²) in [5.41, 5.74) is 0.331. The second kappa shape index (κ2) is 5.17. The zero-order chi connectivity index (χ0) is 17.3. The van der Waals surface area contributed by atoms with E-state index in [9.17, 15) is 15.0 Å². The number of ketones is 1. The lowest BCUT2D eigenvalue weighted by molar-refractivity contribution is -0.159. The largest absolute Gasteiger partial charge is 0.393 e. The standard InChI is InChI=1S/C21H32O3/c1-13(22)21(24)11-8-18-16-5-4-14-12-15(23)6-9-19(14,2)17(16)7-10-20(18,21)3/h4,15-18,23-24H,5-12H2,1-3H3/t15-,16-,17+,18-,19+,20-,21-/m1/s1. The SMILES string of the molecule is CC(=O)[C@]1(O)CC[C@@H]2[C@@H]3CC=C4C[C@H](O)CC[C@]4(C)[C@H]3CC[C@]21C. The van der Waals surface area contributed by atoms with Crippen LogP contribution in [0.1, 0.15) is 72.1 Å². The van der Waals surface area contributed by atoms with Gasteiger partial charge in [0.15, 0.2) is 5.78 Å². The molecule has 0 amide bonds. The molecule has 3 heteroatoms. The van der Waals surface area contributed by atoms with Gasteiger partial charge in [0.25, 0.3) is 0 Å². The highest BCUT2D eigenvalue weighted by Crippen LogP contribution is 2.67. The van der Waals surface area contributed by atoms with Crippen LogP contribution >= 0.6 is 0 Å². The van der Waals surface area contributed by atoms with E-state index in [1.165, 1.54) is 5.57 Å². The second-order valence-electron chi connectivity index (χ2n) is 9.57. The van der Waals surface area contributed by atoms with Gasteiger partial charge < -0.3 is 10.2 Å². The molecule has 0 aliphatic heterocycles. The molecule has 4 aliphatic rings. The molecule has 3 nitrogen and oxygen atoms in total. The zero-order valence-electron chi connectivity index (χ0n) is 15.3. The van der Waals surface area contributed by atoms with Gasteiger partial charge in [0.05, 0.1) is 6.10 Å². The van der Waals surface area contributed by atoms with Gasteiger partial charge in [-0.15, -0.1) is 0 Å². The van der Waals surface area contributed by atoms with Crippen LogP contribution in [0.3, 0.4) is 0 Å². The Morgan fingerprint density at radius 1 is 1.12 bits per heavy atom. The summed E-state index contributed by atoms with van der Waals surface area (Å²) in [7, 11) is 0. The van der Waals surface area contributed by atoms with Crippen molar-refractivity contribution in [3.05, 3.63) is 11.6 Å². The van der Waals surface area contributed by atoms with E-state index in [1.807, 2.05) is 0 Å². The van der Waals surface area contributed by atoms with Crippen molar-refractivity contribution in [2.45, 2.75) is 83.8 Å². The fourth-order valence-corrected chi connectivity index (χ4v) is 7.24. The Hall–Kier alpha value is -0.670. The molecular weight excluding hydrogens is 300 g/mol. The van der Waals surface area contributed by atoms with Crippen LogP contribution in [-0.2, 0) is 4.79 Å². The van der Waals surface area contributed by atoms with Gasteiger partial charge in [0.2, 0.25) is 0 Å². The van der Waals surface area contributed by atoms with E-state index in [4.69, 9.17) is 0 Å². The molecule has 0 unspecified atom stereocenters. The molecule has 0 aromatic carbocycles. The van der Waals surface area contributed by atoms with Crippen molar-refractivity contribution in [2.24, 2.45) is 28.6 Å². The van der Waals surface area contributed by atoms with Gasteiger partial charge in [0, 0.05) is 5.41 Å². The van der Waals surface area contributed by atoms with Crippen molar-refractivity contribution in [2.75, 3.05) is 0 Å². The van der Waals surface area contributed by atoms with Gasteiger partial charge >= 0.3 is 0 Å². The fourth-order valence-electron chi connectivity index (χ4n) is 7.24. The van der Waals surface area contributed by atoms with Crippen molar-refractivity contribution in [3.63, 3.8) is 0 Å². The van der Waals surface area contributed by atoms with Crippen LogP contribution in [0.5, 0.6) is 0 Å². The number of aliphatic hydroxyl groups is 2. The molecule has 0 spiro atoms. The molecule has 0 bridgehead atoms. The van der Waals surface area contributed by atoms with Gasteiger partial charge in [-0.3, -0.25) is 4.79 Å². The van der Waals surface area contributed by atoms with Crippen LogP contribution in [0.25, 0.3) is 0 Å². The number of Topliss-reactive ketones (excluding diaryl/α,β-unsaturated/α-hetero) is 1. The lowest BCUT2D eigenvalue weighted by Gasteiger charge is -2.58. The van der Waals surface area contributed by atoms with Crippen molar-refractivity contribution < 1.29 is 15.0 Å². The Morgan fingerprint density at radius 3 is 2.54 bits per heavy atom. The van der Waals surface area contributed by atoms with Gasteiger partial charge in [-0.1, -0.05) is 25.5 Å². The molecule has 3 saturated carbocycles. The van der Waals surface area contributed by atoms with Crippen LogP contribution in [0.4, 0.5) is 0 Å². The summed E-state index contributed by atoms with van der Waals surface area (Å²) in [6, 6.07) is 0. The first-order chi connectivity index (χ1) is 11.2.